The number of anilines is 2. The van der Waals surface area contributed by atoms with E-state index in [4.69, 9.17) is 11.5 Å². The molecule has 6 N–H and O–H groups in total. The van der Waals surface area contributed by atoms with E-state index in [9.17, 15) is 14.0 Å². The summed E-state index contributed by atoms with van der Waals surface area (Å²) in [5, 5.41) is 8.21. The van der Waals surface area contributed by atoms with Crippen molar-refractivity contribution in [1.29, 1.82) is 0 Å². The van der Waals surface area contributed by atoms with Gasteiger partial charge in [0.25, 0.3) is 5.91 Å². The summed E-state index contributed by atoms with van der Waals surface area (Å²) in [6.07, 6.45) is 0. The molecule has 0 saturated heterocycles. The summed E-state index contributed by atoms with van der Waals surface area (Å²) < 4.78 is 13.6. The molecule has 2 rings (SSSR count). The van der Waals surface area contributed by atoms with Crippen molar-refractivity contribution in [1.82, 2.24) is 15.2 Å². The number of H-pyrrole nitrogens is 1. The fraction of sp³-hybridized carbons (Fsp3) is 0.0909. The summed E-state index contributed by atoms with van der Waals surface area (Å²) >= 11 is 0. The van der Waals surface area contributed by atoms with Gasteiger partial charge in [-0.2, -0.15) is 4.98 Å². The van der Waals surface area contributed by atoms with Crippen LogP contribution in [-0.2, 0) is 0 Å². The molecule has 0 bridgehead atoms. The van der Waals surface area contributed by atoms with E-state index >= 15 is 0 Å². The monoisotopic (exact) mass is 278 g/mol. The van der Waals surface area contributed by atoms with Crippen LogP contribution in [0.1, 0.15) is 26.5 Å². The number of carbonyl (C=O) groups excluding carboxylic acids is 2. The van der Waals surface area contributed by atoms with Crippen LogP contribution in [0.2, 0.25) is 0 Å². The minimum atomic E-state index is -0.802. The van der Waals surface area contributed by atoms with E-state index in [0.717, 1.165) is 6.07 Å². The summed E-state index contributed by atoms with van der Waals surface area (Å²) in [6, 6.07) is 2.28. The Balaban J connectivity index is 2.33. The predicted molar refractivity (Wildman–Crippen MR) is 68.4 cm³/mol. The molecular formula is C11H11FN6O2. The molecule has 0 aliphatic heterocycles. The second kappa shape index (κ2) is 4.96. The molecule has 104 valence electrons. The average molecular weight is 278 g/mol. The molecule has 1 aromatic heterocycles. The number of benzene rings is 1. The van der Waals surface area contributed by atoms with E-state index < -0.39 is 17.6 Å². The summed E-state index contributed by atoms with van der Waals surface area (Å²) in [6.45, 7) is 1.45. The molecule has 1 aromatic carbocycles. The second-order valence-electron chi connectivity index (χ2n) is 3.99. The van der Waals surface area contributed by atoms with E-state index in [2.05, 4.69) is 20.5 Å². The number of nitrogens with one attached hydrogen (secondary N) is 2. The molecule has 8 nitrogen and oxygen atoms in total. The first-order valence-electron chi connectivity index (χ1n) is 5.47. The van der Waals surface area contributed by atoms with Crippen LogP contribution in [0, 0.1) is 12.7 Å². The lowest BCUT2D eigenvalue weighted by Crippen LogP contribution is -2.17. The highest BCUT2D eigenvalue weighted by atomic mass is 19.1. The molecule has 0 aliphatic rings. The first-order valence-corrected chi connectivity index (χ1v) is 5.47. The second-order valence-corrected chi connectivity index (χ2v) is 3.99. The van der Waals surface area contributed by atoms with Crippen LogP contribution in [0.4, 0.5) is 16.0 Å². The minimum Gasteiger partial charge on any atom is -0.366 e. The molecule has 20 heavy (non-hydrogen) atoms. The van der Waals surface area contributed by atoms with Crippen LogP contribution in [0.15, 0.2) is 12.1 Å². The van der Waals surface area contributed by atoms with Gasteiger partial charge in [-0.05, 0) is 19.1 Å². The molecular weight excluding hydrogens is 267 g/mol. The van der Waals surface area contributed by atoms with Gasteiger partial charge in [-0.1, -0.05) is 0 Å². The maximum absolute atomic E-state index is 13.6. The molecule has 9 heteroatoms. The summed E-state index contributed by atoms with van der Waals surface area (Å²) in [5.74, 6) is -2.36. The van der Waals surface area contributed by atoms with Crippen molar-refractivity contribution in [3.05, 3.63) is 34.9 Å². The number of carbonyl (C=O) groups is 2. The van der Waals surface area contributed by atoms with Crippen LogP contribution in [0.3, 0.4) is 0 Å². The van der Waals surface area contributed by atoms with Crippen molar-refractivity contribution in [2.24, 2.45) is 5.73 Å². The fourth-order valence-electron chi connectivity index (χ4n) is 1.51. The van der Waals surface area contributed by atoms with Crippen LogP contribution in [0.5, 0.6) is 0 Å². The smallest absolute Gasteiger partial charge is 0.293 e. The predicted octanol–water partition coefficient (Wildman–Crippen LogP) is 0.186. The van der Waals surface area contributed by atoms with Gasteiger partial charge in [0, 0.05) is 16.8 Å². The quantitative estimate of drug-likeness (QED) is 0.634. The zero-order valence-electron chi connectivity index (χ0n) is 10.4. The van der Waals surface area contributed by atoms with E-state index in [1.165, 1.54) is 13.0 Å². The largest absolute Gasteiger partial charge is 0.366 e. The molecule has 0 fully saturated rings. The Morgan fingerprint density at radius 3 is 2.65 bits per heavy atom. The van der Waals surface area contributed by atoms with Crippen molar-refractivity contribution in [3.63, 3.8) is 0 Å². The molecule has 2 aromatic rings. The zero-order chi connectivity index (χ0) is 14.9. The Morgan fingerprint density at radius 1 is 1.40 bits per heavy atom. The van der Waals surface area contributed by atoms with Gasteiger partial charge in [-0.15, -0.1) is 5.10 Å². The molecule has 2 amide bonds. The van der Waals surface area contributed by atoms with Gasteiger partial charge in [0.2, 0.25) is 17.7 Å². The Morgan fingerprint density at radius 2 is 2.10 bits per heavy atom. The number of rotatable bonds is 3. The Hall–Kier alpha value is -2.97. The van der Waals surface area contributed by atoms with Crippen molar-refractivity contribution >= 4 is 23.5 Å². The molecule has 0 aliphatic carbocycles. The summed E-state index contributed by atoms with van der Waals surface area (Å²) in [5.41, 5.74) is 10.6. The lowest BCUT2D eigenvalue weighted by molar-refractivity contribution is 0.0994. The molecule has 1 heterocycles. The van der Waals surface area contributed by atoms with E-state index in [-0.39, 0.29) is 28.6 Å². The van der Waals surface area contributed by atoms with Gasteiger partial charge in [0.1, 0.15) is 5.82 Å². The number of amides is 2. The van der Waals surface area contributed by atoms with Crippen LogP contribution in [0.25, 0.3) is 0 Å². The number of aromatic nitrogens is 3. The lowest BCUT2D eigenvalue weighted by Gasteiger charge is -2.09. The highest BCUT2D eigenvalue weighted by Gasteiger charge is 2.15. The fourth-order valence-corrected chi connectivity index (χ4v) is 1.51. The normalized spacial score (nSPS) is 10.3. The zero-order valence-corrected chi connectivity index (χ0v) is 10.4. The molecule has 0 atom stereocenters. The topological polar surface area (TPSA) is 140 Å². The Labute approximate surface area is 112 Å². The van der Waals surface area contributed by atoms with Crippen LogP contribution < -0.4 is 16.8 Å². The highest BCUT2D eigenvalue weighted by molar-refractivity contribution is 6.03. The van der Waals surface area contributed by atoms with E-state index in [0.29, 0.717) is 0 Å². The number of nitrogens with two attached hydrogens (primary N) is 2. The van der Waals surface area contributed by atoms with E-state index in [1.807, 2.05) is 0 Å². The summed E-state index contributed by atoms with van der Waals surface area (Å²) in [4.78, 5) is 26.5. The number of nitrogens with zero attached hydrogens (tertiary/aromatic N) is 2. The van der Waals surface area contributed by atoms with Crippen molar-refractivity contribution in [3.8, 4) is 0 Å². The van der Waals surface area contributed by atoms with Crippen LogP contribution >= 0.6 is 0 Å². The standard InChI is InChI=1S/C11H11FN6O2/c1-4-6(12)2-5(8(13)19)3-7(4)15-10(20)9-16-11(14)18-17-9/h2-3H,1H3,(H2,13,19)(H,15,20)(H3,14,16,17,18). The number of primary amides is 1. The number of hydrogen-bond acceptors (Lipinski definition) is 5. The van der Waals surface area contributed by atoms with Gasteiger partial charge < -0.3 is 16.8 Å². The Bertz CT molecular complexity index is 696. The number of aromatic amines is 1. The average Bonchev–Trinajstić information content (AvgIpc) is 2.81. The molecule has 0 unspecified atom stereocenters. The SMILES string of the molecule is Cc1c(F)cc(C(N)=O)cc1NC(=O)c1nc(N)n[nH]1. The highest BCUT2D eigenvalue weighted by Crippen LogP contribution is 2.21. The van der Waals surface area contributed by atoms with Crippen molar-refractivity contribution in [2.45, 2.75) is 6.92 Å². The molecule has 0 radical (unpaired) electrons. The van der Waals surface area contributed by atoms with Gasteiger partial charge >= 0.3 is 0 Å². The third-order valence-corrected chi connectivity index (χ3v) is 2.59. The van der Waals surface area contributed by atoms with E-state index in [1.54, 1.807) is 0 Å². The summed E-state index contributed by atoms with van der Waals surface area (Å²) in [7, 11) is 0. The third kappa shape index (κ3) is 2.55. The third-order valence-electron chi connectivity index (χ3n) is 2.59. The maximum Gasteiger partial charge on any atom is 0.293 e. The van der Waals surface area contributed by atoms with Gasteiger partial charge in [0.15, 0.2) is 0 Å². The first kappa shape index (κ1) is 13.5. The molecule has 0 spiro atoms. The van der Waals surface area contributed by atoms with Gasteiger partial charge in [0.05, 0.1) is 0 Å². The van der Waals surface area contributed by atoms with Gasteiger partial charge in [-0.25, -0.2) is 4.39 Å². The van der Waals surface area contributed by atoms with Crippen molar-refractivity contribution < 1.29 is 14.0 Å². The lowest BCUT2D eigenvalue weighted by atomic mass is 10.1. The minimum absolute atomic E-state index is 0.0551. The van der Waals surface area contributed by atoms with Gasteiger partial charge in [-0.3, -0.25) is 14.7 Å². The van der Waals surface area contributed by atoms with Crippen molar-refractivity contribution in [2.75, 3.05) is 11.1 Å². The Kier molecular flexibility index (Phi) is 3.34. The van der Waals surface area contributed by atoms with Crippen LogP contribution in [-0.4, -0.2) is 27.0 Å². The molecule has 0 saturated carbocycles. The number of hydrogen-bond donors (Lipinski definition) is 4. The maximum atomic E-state index is 13.6. The number of nitrogen functional groups attached to an aromatic ring is 1. The number of halogens is 1. The first-order chi connectivity index (χ1) is 9.38.